The summed E-state index contributed by atoms with van der Waals surface area (Å²) in [7, 11) is 0. The van der Waals surface area contributed by atoms with Crippen LogP contribution >= 0.6 is 11.8 Å². The molecule has 1 atom stereocenters. The molecule has 1 aromatic rings. The van der Waals surface area contributed by atoms with Gasteiger partial charge in [-0.3, -0.25) is 4.79 Å². The molecule has 112 valence electrons. The van der Waals surface area contributed by atoms with Crippen LogP contribution in [0.5, 0.6) is 0 Å². The first-order chi connectivity index (χ1) is 9.56. The van der Waals surface area contributed by atoms with E-state index in [1.54, 1.807) is 11.8 Å². The van der Waals surface area contributed by atoms with E-state index in [1.165, 1.54) is 16.7 Å². The van der Waals surface area contributed by atoms with Crippen molar-refractivity contribution < 1.29 is 9.53 Å². The molecule has 0 aliphatic rings. The number of carbonyl (C=O) groups is 1. The van der Waals surface area contributed by atoms with Gasteiger partial charge in [-0.25, -0.2) is 0 Å². The Balaban J connectivity index is 2.61. The molecule has 1 aromatic carbocycles. The Bertz CT molecular complexity index is 414. The van der Waals surface area contributed by atoms with E-state index >= 15 is 0 Å². The molecular formula is C16H25NO2S. The summed E-state index contributed by atoms with van der Waals surface area (Å²) >= 11 is 1.62. The van der Waals surface area contributed by atoms with E-state index in [0.717, 1.165) is 12.3 Å². The van der Waals surface area contributed by atoms with Gasteiger partial charge in [0.2, 0.25) is 0 Å². The van der Waals surface area contributed by atoms with Crippen molar-refractivity contribution in [1.82, 2.24) is 5.32 Å². The van der Waals surface area contributed by atoms with Gasteiger partial charge in [0.05, 0.1) is 12.4 Å². The Hall–Kier alpha value is -1.00. The molecule has 1 rings (SSSR count). The first-order valence-electron chi connectivity index (χ1n) is 7.11. The van der Waals surface area contributed by atoms with Gasteiger partial charge in [0.1, 0.15) is 0 Å². The van der Waals surface area contributed by atoms with Crippen LogP contribution in [-0.2, 0) is 9.53 Å². The summed E-state index contributed by atoms with van der Waals surface area (Å²) in [6.45, 7) is 9.53. The van der Waals surface area contributed by atoms with Gasteiger partial charge in [0.25, 0.3) is 0 Å². The van der Waals surface area contributed by atoms with Crippen molar-refractivity contribution >= 4 is 17.7 Å². The fourth-order valence-corrected chi connectivity index (χ4v) is 3.11. The first-order valence-corrected chi connectivity index (χ1v) is 8.27. The van der Waals surface area contributed by atoms with Crippen LogP contribution in [0.1, 0.15) is 36.6 Å². The lowest BCUT2D eigenvalue weighted by Crippen LogP contribution is -2.24. The average Bonchev–Trinajstić information content (AvgIpc) is 2.37. The number of benzene rings is 1. The summed E-state index contributed by atoms with van der Waals surface area (Å²) < 4.78 is 4.95. The molecule has 0 aliphatic carbocycles. The number of hydrogen-bond donors (Lipinski definition) is 1. The standard InChI is InChI=1S/C16H25NO2S/c1-5-17-15(10-20-11-16(18)19-6-2)14-8-12(3)7-13(4)9-14/h7-9,15,17H,5-6,10-11H2,1-4H3. The van der Waals surface area contributed by atoms with Gasteiger partial charge >= 0.3 is 5.97 Å². The van der Waals surface area contributed by atoms with Crippen molar-refractivity contribution in [2.45, 2.75) is 33.7 Å². The van der Waals surface area contributed by atoms with E-state index < -0.39 is 0 Å². The molecule has 0 spiro atoms. The lowest BCUT2D eigenvalue weighted by atomic mass is 10.0. The highest BCUT2D eigenvalue weighted by Gasteiger charge is 2.12. The molecule has 1 N–H and O–H groups in total. The van der Waals surface area contributed by atoms with Gasteiger partial charge in [-0.05, 0) is 32.9 Å². The Morgan fingerprint density at radius 2 is 1.90 bits per heavy atom. The zero-order valence-electron chi connectivity index (χ0n) is 12.9. The second-order valence-corrected chi connectivity index (χ2v) is 5.88. The summed E-state index contributed by atoms with van der Waals surface area (Å²) in [6.07, 6.45) is 0. The van der Waals surface area contributed by atoms with Gasteiger partial charge in [-0.1, -0.05) is 36.2 Å². The molecule has 3 nitrogen and oxygen atoms in total. The van der Waals surface area contributed by atoms with E-state index in [0.29, 0.717) is 12.4 Å². The fraction of sp³-hybridized carbons (Fsp3) is 0.562. The SMILES string of the molecule is CCNC(CSCC(=O)OCC)c1cc(C)cc(C)c1. The molecule has 0 saturated heterocycles. The van der Waals surface area contributed by atoms with Gasteiger partial charge in [-0.2, -0.15) is 0 Å². The van der Waals surface area contributed by atoms with Crippen molar-refractivity contribution in [2.75, 3.05) is 24.7 Å². The van der Waals surface area contributed by atoms with E-state index in [2.05, 4.69) is 44.3 Å². The molecule has 0 fully saturated rings. The number of esters is 1. The van der Waals surface area contributed by atoms with E-state index in [1.807, 2.05) is 6.92 Å². The maximum absolute atomic E-state index is 11.4. The summed E-state index contributed by atoms with van der Waals surface area (Å²) in [4.78, 5) is 11.4. The number of thioether (sulfide) groups is 1. The predicted octanol–water partition coefficient (Wildman–Crippen LogP) is 3.25. The molecule has 0 saturated carbocycles. The van der Waals surface area contributed by atoms with Crippen LogP contribution in [0.15, 0.2) is 18.2 Å². The van der Waals surface area contributed by atoms with Crippen molar-refractivity contribution in [3.63, 3.8) is 0 Å². The Labute approximate surface area is 126 Å². The summed E-state index contributed by atoms with van der Waals surface area (Å²) in [5, 5.41) is 3.49. The molecule has 0 radical (unpaired) electrons. The zero-order chi connectivity index (χ0) is 15.0. The molecule has 0 bridgehead atoms. The Morgan fingerprint density at radius 3 is 2.45 bits per heavy atom. The van der Waals surface area contributed by atoms with Crippen molar-refractivity contribution in [1.29, 1.82) is 0 Å². The van der Waals surface area contributed by atoms with Gasteiger partial charge < -0.3 is 10.1 Å². The van der Waals surface area contributed by atoms with Crippen molar-refractivity contribution in [3.8, 4) is 0 Å². The van der Waals surface area contributed by atoms with Crippen molar-refractivity contribution in [2.24, 2.45) is 0 Å². The smallest absolute Gasteiger partial charge is 0.315 e. The highest BCUT2D eigenvalue weighted by atomic mass is 32.2. The Kier molecular flexibility index (Phi) is 7.70. The number of ether oxygens (including phenoxy) is 1. The number of aryl methyl sites for hydroxylation is 2. The average molecular weight is 295 g/mol. The second kappa shape index (κ2) is 9.03. The third kappa shape index (κ3) is 5.97. The topological polar surface area (TPSA) is 38.3 Å². The lowest BCUT2D eigenvalue weighted by molar-refractivity contribution is -0.139. The minimum absolute atomic E-state index is 0.131. The summed E-state index contributed by atoms with van der Waals surface area (Å²) in [5.41, 5.74) is 3.84. The maximum atomic E-state index is 11.4. The molecule has 0 heterocycles. The minimum Gasteiger partial charge on any atom is -0.465 e. The molecule has 1 unspecified atom stereocenters. The number of rotatable bonds is 8. The van der Waals surface area contributed by atoms with Gasteiger partial charge in [-0.15, -0.1) is 11.8 Å². The van der Waals surface area contributed by atoms with Crippen LogP contribution in [0.25, 0.3) is 0 Å². The van der Waals surface area contributed by atoms with Gasteiger partial charge in [0, 0.05) is 11.8 Å². The quantitative estimate of drug-likeness (QED) is 0.747. The summed E-state index contributed by atoms with van der Waals surface area (Å²) in [6, 6.07) is 6.88. The fourth-order valence-electron chi connectivity index (χ4n) is 2.19. The molecule has 4 heteroatoms. The highest BCUT2D eigenvalue weighted by Crippen LogP contribution is 2.21. The molecular weight excluding hydrogens is 270 g/mol. The van der Waals surface area contributed by atoms with E-state index in [4.69, 9.17) is 4.74 Å². The Morgan fingerprint density at radius 1 is 1.25 bits per heavy atom. The third-order valence-electron chi connectivity index (χ3n) is 2.91. The third-order valence-corrected chi connectivity index (χ3v) is 3.92. The van der Waals surface area contributed by atoms with Crippen LogP contribution in [0.3, 0.4) is 0 Å². The van der Waals surface area contributed by atoms with E-state index in [9.17, 15) is 4.79 Å². The summed E-state index contributed by atoms with van der Waals surface area (Å²) in [5.74, 6) is 1.16. The number of hydrogen-bond acceptors (Lipinski definition) is 4. The minimum atomic E-state index is -0.131. The first kappa shape index (κ1) is 17.1. The largest absolute Gasteiger partial charge is 0.465 e. The van der Waals surface area contributed by atoms with Crippen LogP contribution in [0, 0.1) is 13.8 Å². The van der Waals surface area contributed by atoms with Crippen LogP contribution < -0.4 is 5.32 Å². The molecule has 0 amide bonds. The number of carbonyl (C=O) groups excluding carboxylic acids is 1. The van der Waals surface area contributed by atoms with Gasteiger partial charge in [0.15, 0.2) is 0 Å². The van der Waals surface area contributed by atoms with E-state index in [-0.39, 0.29) is 12.0 Å². The molecule has 0 aliphatic heterocycles. The normalized spacial score (nSPS) is 12.2. The number of nitrogens with one attached hydrogen (secondary N) is 1. The monoisotopic (exact) mass is 295 g/mol. The zero-order valence-corrected chi connectivity index (χ0v) is 13.7. The maximum Gasteiger partial charge on any atom is 0.315 e. The molecule has 0 aromatic heterocycles. The lowest BCUT2D eigenvalue weighted by Gasteiger charge is -2.19. The second-order valence-electron chi connectivity index (χ2n) is 4.85. The highest BCUT2D eigenvalue weighted by molar-refractivity contribution is 7.99. The molecule has 20 heavy (non-hydrogen) atoms. The van der Waals surface area contributed by atoms with Crippen LogP contribution in [-0.4, -0.2) is 30.6 Å². The predicted molar refractivity (Wildman–Crippen MR) is 86.3 cm³/mol. The van der Waals surface area contributed by atoms with Crippen LogP contribution in [0.2, 0.25) is 0 Å². The van der Waals surface area contributed by atoms with Crippen molar-refractivity contribution in [3.05, 3.63) is 34.9 Å². The van der Waals surface area contributed by atoms with Crippen LogP contribution in [0.4, 0.5) is 0 Å².